The summed E-state index contributed by atoms with van der Waals surface area (Å²) in [7, 11) is 0. The molecule has 60 valence electrons. The first-order valence-electron chi connectivity index (χ1n) is 4.02. The third-order valence-corrected chi connectivity index (χ3v) is 2.49. The lowest BCUT2D eigenvalue weighted by Gasteiger charge is -2.37. The normalized spacial score (nSPS) is 39.6. The molecule has 0 bridgehead atoms. The van der Waals surface area contributed by atoms with Crippen molar-refractivity contribution in [1.82, 2.24) is 0 Å². The Morgan fingerprint density at radius 3 is 2.20 bits per heavy atom. The van der Waals surface area contributed by atoms with E-state index in [9.17, 15) is 0 Å². The van der Waals surface area contributed by atoms with Gasteiger partial charge in [0.15, 0.2) is 0 Å². The quantitative estimate of drug-likeness (QED) is 0.527. The smallest absolute Gasteiger partial charge is 0.0197 e. The average molecular weight is 142 g/mol. The average Bonchev–Trinajstić information content (AvgIpc) is 1.79. The summed E-state index contributed by atoms with van der Waals surface area (Å²) in [6, 6.07) is 0.469. The minimum absolute atomic E-state index is 0.226. The lowest BCUT2D eigenvalue weighted by molar-refractivity contribution is 0.200. The molecule has 1 rings (SSSR count). The summed E-state index contributed by atoms with van der Waals surface area (Å²) in [5, 5.41) is 0. The Kier molecular flexibility index (Phi) is 2.02. The fourth-order valence-corrected chi connectivity index (χ4v) is 1.66. The van der Waals surface area contributed by atoms with E-state index in [4.69, 9.17) is 11.5 Å². The van der Waals surface area contributed by atoms with Crippen LogP contribution in [0.1, 0.15) is 33.1 Å². The van der Waals surface area contributed by atoms with Crippen molar-refractivity contribution in [3.05, 3.63) is 0 Å². The highest BCUT2D eigenvalue weighted by atomic mass is 14.8. The third-order valence-electron chi connectivity index (χ3n) is 2.49. The number of nitrogens with two attached hydrogens (primary N) is 2. The van der Waals surface area contributed by atoms with Crippen LogP contribution in [0, 0.1) is 5.41 Å². The molecule has 2 nitrogen and oxygen atoms in total. The van der Waals surface area contributed by atoms with Gasteiger partial charge in [-0.25, -0.2) is 0 Å². The second-order valence-corrected chi connectivity index (χ2v) is 4.23. The van der Waals surface area contributed by atoms with Crippen LogP contribution >= 0.6 is 0 Å². The molecule has 0 spiro atoms. The van der Waals surface area contributed by atoms with Crippen molar-refractivity contribution in [2.24, 2.45) is 16.9 Å². The highest BCUT2D eigenvalue weighted by molar-refractivity contribution is 4.89. The molecule has 0 heterocycles. The Balaban J connectivity index is 2.49. The summed E-state index contributed by atoms with van der Waals surface area (Å²) >= 11 is 0. The molecule has 2 heteroatoms. The van der Waals surface area contributed by atoms with Gasteiger partial charge in [0, 0.05) is 12.1 Å². The minimum atomic E-state index is 0.226. The highest BCUT2D eigenvalue weighted by Crippen LogP contribution is 2.33. The molecule has 0 amide bonds. The standard InChI is InChI=1S/C8H18N2/c1-8(2)4-3-6(9)7(10)5-8/h6-7H,3-5,9-10H2,1-2H3/t6-,7-/m0/s1. The highest BCUT2D eigenvalue weighted by Gasteiger charge is 2.30. The first kappa shape index (κ1) is 8.02. The first-order chi connectivity index (χ1) is 4.51. The van der Waals surface area contributed by atoms with Gasteiger partial charge in [0.25, 0.3) is 0 Å². The van der Waals surface area contributed by atoms with Crippen LogP contribution in [-0.2, 0) is 0 Å². The number of hydrogen-bond donors (Lipinski definition) is 2. The van der Waals surface area contributed by atoms with E-state index in [0.717, 1.165) is 12.8 Å². The molecular formula is C8H18N2. The van der Waals surface area contributed by atoms with Crippen LogP contribution in [0.3, 0.4) is 0 Å². The zero-order chi connectivity index (χ0) is 7.78. The van der Waals surface area contributed by atoms with E-state index in [2.05, 4.69) is 13.8 Å². The fourth-order valence-electron chi connectivity index (χ4n) is 1.66. The predicted molar refractivity (Wildman–Crippen MR) is 43.6 cm³/mol. The zero-order valence-electron chi connectivity index (χ0n) is 6.93. The second kappa shape index (κ2) is 2.51. The van der Waals surface area contributed by atoms with Gasteiger partial charge in [-0.15, -0.1) is 0 Å². The summed E-state index contributed by atoms with van der Waals surface area (Å²) in [5.41, 5.74) is 12.0. The van der Waals surface area contributed by atoms with Crippen molar-refractivity contribution in [3.8, 4) is 0 Å². The van der Waals surface area contributed by atoms with Gasteiger partial charge in [-0.3, -0.25) is 0 Å². The molecule has 4 N–H and O–H groups in total. The minimum Gasteiger partial charge on any atom is -0.326 e. The number of rotatable bonds is 0. The Morgan fingerprint density at radius 2 is 1.80 bits per heavy atom. The molecule has 1 aliphatic carbocycles. The van der Waals surface area contributed by atoms with Crippen molar-refractivity contribution in [2.45, 2.75) is 45.2 Å². The molecule has 1 saturated carbocycles. The molecule has 0 aromatic heterocycles. The maximum Gasteiger partial charge on any atom is 0.0197 e. The Morgan fingerprint density at radius 1 is 1.20 bits per heavy atom. The molecular weight excluding hydrogens is 124 g/mol. The Bertz CT molecular complexity index is 120. The van der Waals surface area contributed by atoms with E-state index in [1.54, 1.807) is 0 Å². The van der Waals surface area contributed by atoms with Crippen molar-refractivity contribution in [3.63, 3.8) is 0 Å². The molecule has 10 heavy (non-hydrogen) atoms. The molecule has 1 aliphatic rings. The van der Waals surface area contributed by atoms with Gasteiger partial charge in [0.1, 0.15) is 0 Å². The van der Waals surface area contributed by atoms with Gasteiger partial charge in [0.2, 0.25) is 0 Å². The van der Waals surface area contributed by atoms with Crippen molar-refractivity contribution in [1.29, 1.82) is 0 Å². The molecule has 0 radical (unpaired) electrons. The van der Waals surface area contributed by atoms with E-state index >= 15 is 0 Å². The molecule has 1 fully saturated rings. The van der Waals surface area contributed by atoms with Crippen LogP contribution in [0.5, 0.6) is 0 Å². The second-order valence-electron chi connectivity index (χ2n) is 4.23. The lowest BCUT2D eigenvalue weighted by Crippen LogP contribution is -2.48. The molecule has 0 aromatic rings. The van der Waals surface area contributed by atoms with Crippen LogP contribution in [0.4, 0.5) is 0 Å². The Hall–Kier alpha value is -0.0800. The summed E-state index contributed by atoms with van der Waals surface area (Å²) < 4.78 is 0. The molecule has 2 atom stereocenters. The van der Waals surface area contributed by atoms with E-state index < -0.39 is 0 Å². The predicted octanol–water partition coefficient (Wildman–Crippen LogP) is 0.851. The third kappa shape index (κ3) is 1.70. The fraction of sp³-hybridized carbons (Fsp3) is 1.00. The molecule has 0 aromatic carbocycles. The lowest BCUT2D eigenvalue weighted by atomic mass is 9.73. The van der Waals surface area contributed by atoms with E-state index in [0.29, 0.717) is 5.41 Å². The van der Waals surface area contributed by atoms with Gasteiger partial charge in [-0.1, -0.05) is 13.8 Å². The van der Waals surface area contributed by atoms with Crippen LogP contribution in [0.2, 0.25) is 0 Å². The first-order valence-corrected chi connectivity index (χ1v) is 4.02. The summed E-state index contributed by atoms with van der Waals surface area (Å²) in [4.78, 5) is 0. The largest absolute Gasteiger partial charge is 0.326 e. The SMILES string of the molecule is CC1(C)CC[C@H](N)[C@@H](N)C1. The van der Waals surface area contributed by atoms with Crippen LogP contribution in [0.25, 0.3) is 0 Å². The summed E-state index contributed by atoms with van der Waals surface area (Å²) in [6.45, 7) is 4.53. The maximum absolute atomic E-state index is 5.83. The van der Waals surface area contributed by atoms with Gasteiger partial charge in [0.05, 0.1) is 0 Å². The van der Waals surface area contributed by atoms with E-state index in [1.807, 2.05) is 0 Å². The van der Waals surface area contributed by atoms with Gasteiger partial charge < -0.3 is 11.5 Å². The van der Waals surface area contributed by atoms with Crippen LogP contribution < -0.4 is 11.5 Å². The molecule has 0 saturated heterocycles. The topological polar surface area (TPSA) is 52.0 Å². The van der Waals surface area contributed by atoms with Gasteiger partial charge in [-0.05, 0) is 24.7 Å². The molecule has 0 aliphatic heterocycles. The zero-order valence-corrected chi connectivity index (χ0v) is 6.93. The van der Waals surface area contributed by atoms with E-state index in [1.165, 1.54) is 6.42 Å². The van der Waals surface area contributed by atoms with Crippen LogP contribution in [-0.4, -0.2) is 12.1 Å². The van der Waals surface area contributed by atoms with Crippen molar-refractivity contribution >= 4 is 0 Å². The van der Waals surface area contributed by atoms with Crippen molar-refractivity contribution in [2.75, 3.05) is 0 Å². The van der Waals surface area contributed by atoms with Gasteiger partial charge >= 0.3 is 0 Å². The van der Waals surface area contributed by atoms with E-state index in [-0.39, 0.29) is 12.1 Å². The van der Waals surface area contributed by atoms with Crippen LogP contribution in [0.15, 0.2) is 0 Å². The van der Waals surface area contributed by atoms with Gasteiger partial charge in [-0.2, -0.15) is 0 Å². The Labute approximate surface area is 63.0 Å². The molecule has 0 unspecified atom stereocenters. The monoisotopic (exact) mass is 142 g/mol. The summed E-state index contributed by atoms with van der Waals surface area (Å²) in [5.74, 6) is 0. The van der Waals surface area contributed by atoms with Crippen molar-refractivity contribution < 1.29 is 0 Å². The summed E-state index contributed by atoms with van der Waals surface area (Å²) in [6.07, 6.45) is 3.39. The number of hydrogen-bond acceptors (Lipinski definition) is 2. The maximum atomic E-state index is 5.83.